The predicted molar refractivity (Wildman–Crippen MR) is 32.5 cm³/mol. The largest absolute Gasteiger partial charge is 0.103 e. The van der Waals surface area contributed by atoms with Gasteiger partial charge >= 0.3 is 0 Å². The van der Waals surface area contributed by atoms with Crippen molar-refractivity contribution in [1.82, 2.24) is 0 Å². The maximum absolute atomic E-state index is 3.63. The predicted octanol–water partition coefficient (Wildman–Crippen LogP) is 1.92. The van der Waals surface area contributed by atoms with Crippen LogP contribution in [0.5, 0.6) is 0 Å². The van der Waals surface area contributed by atoms with Crippen molar-refractivity contribution < 1.29 is 19.5 Å². The van der Waals surface area contributed by atoms with E-state index in [2.05, 4.69) is 19.7 Å². The van der Waals surface area contributed by atoms with E-state index in [1.807, 2.05) is 6.08 Å². The van der Waals surface area contributed by atoms with Crippen molar-refractivity contribution in [2.24, 2.45) is 0 Å². The van der Waals surface area contributed by atoms with E-state index in [9.17, 15) is 0 Å². The number of hydrogen-bond donors (Lipinski definition) is 0. The molecule has 0 aromatic rings. The van der Waals surface area contributed by atoms with Gasteiger partial charge in [-0.1, -0.05) is 19.2 Å². The van der Waals surface area contributed by atoms with E-state index >= 15 is 0 Å². The molecule has 0 atom stereocenters. The van der Waals surface area contributed by atoms with Gasteiger partial charge in [0.25, 0.3) is 0 Å². The minimum atomic E-state index is -0.00360. The quantitative estimate of drug-likeness (QED) is 0.432. The molecule has 0 heterocycles. The molecule has 0 fully saturated rings. The van der Waals surface area contributed by atoms with Crippen LogP contribution in [0.1, 0.15) is 0 Å². The molecule has 0 saturated heterocycles. The van der Waals surface area contributed by atoms with Gasteiger partial charge in [0.05, 0.1) is 0 Å². The molecule has 0 aromatic heterocycles. The van der Waals surface area contributed by atoms with Crippen LogP contribution in [0.25, 0.3) is 0 Å². The van der Waals surface area contributed by atoms with Crippen molar-refractivity contribution in [3.8, 4) is 0 Å². The first-order valence-corrected chi connectivity index (χ1v) is 4.88. The summed E-state index contributed by atoms with van der Waals surface area (Å²) in [7, 11) is -0.00360. The van der Waals surface area contributed by atoms with Crippen LogP contribution in [-0.2, 0) is 19.5 Å². The Hall–Kier alpha value is 0.580. The molecule has 0 aromatic carbocycles. The monoisotopic (exact) mass is 163 g/mol. The van der Waals surface area contributed by atoms with E-state index in [-0.39, 0.29) is 28.3 Å². The second-order valence-electron chi connectivity index (χ2n) is 1.70. The first-order chi connectivity index (χ1) is 2.77. The molecule has 0 rings (SSSR count). The van der Waals surface area contributed by atoms with E-state index in [1.54, 1.807) is 0 Å². The van der Waals surface area contributed by atoms with Crippen molar-refractivity contribution in [2.45, 2.75) is 19.1 Å². The molecule has 1 radical (unpaired) electrons. The van der Waals surface area contributed by atoms with Crippen LogP contribution in [0.15, 0.2) is 12.7 Å². The summed E-state index contributed by atoms with van der Waals surface area (Å²) >= 11 is 0. The third kappa shape index (κ3) is 10.8. The van der Waals surface area contributed by atoms with Crippen LogP contribution in [-0.4, -0.2) is 8.80 Å². The first-order valence-electron chi connectivity index (χ1n) is 2.17. The molecule has 0 nitrogen and oxygen atoms in total. The summed E-state index contributed by atoms with van der Waals surface area (Å²) in [4.78, 5) is 0. The summed E-state index contributed by atoms with van der Waals surface area (Å²) in [6, 6.07) is 1.24. The fourth-order valence-electron chi connectivity index (χ4n) is 0.289. The molecular weight excluding hydrogens is 154 g/mol. The molecule has 7 heavy (non-hydrogen) atoms. The third-order valence-corrected chi connectivity index (χ3v) is 1.66. The molecule has 0 bridgehead atoms. The molecule has 0 aliphatic heterocycles. The third-order valence-electron chi connectivity index (χ3n) is 0.553. The Labute approximate surface area is 60.4 Å². The molecule has 2 heteroatoms. The van der Waals surface area contributed by atoms with E-state index in [1.165, 1.54) is 6.04 Å². The average molecular weight is 165 g/mol. The second kappa shape index (κ2) is 6.58. The van der Waals surface area contributed by atoms with Gasteiger partial charge in [-0.25, -0.2) is 0 Å². The smallest absolute Gasteiger partial charge is 0.0452 e. The van der Waals surface area contributed by atoms with Gasteiger partial charge < -0.3 is 0 Å². The molecule has 0 aliphatic carbocycles. The molecule has 37 valence electrons. The van der Waals surface area contributed by atoms with E-state index in [4.69, 9.17) is 0 Å². The minimum Gasteiger partial charge on any atom is -0.103 e. The van der Waals surface area contributed by atoms with Gasteiger partial charge in [-0.05, 0) is 6.04 Å². The van der Waals surface area contributed by atoms with Gasteiger partial charge in [0.1, 0.15) is 0 Å². The SMILES string of the molecule is C=CC[Si](C)C.[Zn]. The molecular formula is C5H11SiZn. The van der Waals surface area contributed by atoms with Crippen LogP contribution in [0, 0.1) is 0 Å². The minimum absolute atomic E-state index is 0. The number of rotatable bonds is 2. The van der Waals surface area contributed by atoms with Crippen LogP contribution >= 0.6 is 0 Å². The molecule has 0 saturated carbocycles. The summed E-state index contributed by atoms with van der Waals surface area (Å²) in [5, 5.41) is 0. The van der Waals surface area contributed by atoms with E-state index in [0.29, 0.717) is 0 Å². The van der Waals surface area contributed by atoms with Gasteiger partial charge in [0.2, 0.25) is 0 Å². The van der Waals surface area contributed by atoms with E-state index in [0.717, 1.165) is 0 Å². The Morgan fingerprint density at radius 1 is 1.57 bits per heavy atom. The first kappa shape index (κ1) is 10.5. The Morgan fingerprint density at radius 3 is 2.00 bits per heavy atom. The molecule has 0 aliphatic rings. The van der Waals surface area contributed by atoms with Gasteiger partial charge in [-0.15, -0.1) is 6.58 Å². The molecule has 0 amide bonds. The van der Waals surface area contributed by atoms with Gasteiger partial charge in [0, 0.05) is 28.3 Å². The van der Waals surface area contributed by atoms with Crippen LogP contribution in [0.3, 0.4) is 0 Å². The van der Waals surface area contributed by atoms with Crippen LogP contribution in [0.4, 0.5) is 0 Å². The van der Waals surface area contributed by atoms with Crippen molar-refractivity contribution in [1.29, 1.82) is 0 Å². The summed E-state index contributed by atoms with van der Waals surface area (Å²) in [5.41, 5.74) is 0. The Balaban J connectivity index is 0. The second-order valence-corrected chi connectivity index (χ2v) is 4.52. The van der Waals surface area contributed by atoms with Gasteiger partial charge in [0.15, 0.2) is 0 Å². The zero-order chi connectivity index (χ0) is 4.99. The summed E-state index contributed by atoms with van der Waals surface area (Å²) < 4.78 is 0. The summed E-state index contributed by atoms with van der Waals surface area (Å²) in [5.74, 6) is 0. The van der Waals surface area contributed by atoms with Crippen molar-refractivity contribution >= 4 is 8.80 Å². The Morgan fingerprint density at radius 2 is 2.00 bits per heavy atom. The number of hydrogen-bond acceptors (Lipinski definition) is 0. The topological polar surface area (TPSA) is 0 Å². The zero-order valence-electron chi connectivity index (χ0n) is 5.20. The van der Waals surface area contributed by atoms with Gasteiger partial charge in [-0.3, -0.25) is 0 Å². The standard InChI is InChI=1S/C5H11Si.Zn/c1-4-5-6(2)3;/h4H,1,5H2,2-3H3;. The maximum Gasteiger partial charge on any atom is 0.0452 e. The molecule has 0 spiro atoms. The fraction of sp³-hybridized carbons (Fsp3) is 0.600. The van der Waals surface area contributed by atoms with Crippen molar-refractivity contribution in [2.75, 3.05) is 0 Å². The van der Waals surface area contributed by atoms with Crippen molar-refractivity contribution in [3.05, 3.63) is 12.7 Å². The summed E-state index contributed by atoms with van der Waals surface area (Å²) in [6.07, 6.45) is 1.99. The van der Waals surface area contributed by atoms with E-state index < -0.39 is 0 Å². The zero-order valence-corrected chi connectivity index (χ0v) is 9.17. The normalized spacial score (nSPS) is 7.86. The van der Waals surface area contributed by atoms with Crippen LogP contribution < -0.4 is 0 Å². The Kier molecular flexibility index (Phi) is 9.91. The summed E-state index contributed by atoms with van der Waals surface area (Å²) in [6.45, 7) is 8.19. The maximum atomic E-state index is 3.63. The fourth-order valence-corrected chi connectivity index (χ4v) is 0.866. The molecule has 0 unspecified atom stereocenters. The Bertz CT molecular complexity index is 43.3. The average Bonchev–Trinajstić information content (AvgIpc) is 1.35. The number of allylic oxidation sites excluding steroid dienone is 1. The van der Waals surface area contributed by atoms with Gasteiger partial charge in [-0.2, -0.15) is 0 Å². The van der Waals surface area contributed by atoms with Crippen LogP contribution in [0.2, 0.25) is 19.1 Å². The molecule has 0 N–H and O–H groups in total. The van der Waals surface area contributed by atoms with Crippen molar-refractivity contribution in [3.63, 3.8) is 0 Å².